The van der Waals surface area contributed by atoms with Crippen molar-refractivity contribution in [3.63, 3.8) is 0 Å². The highest BCUT2D eigenvalue weighted by Gasteiger charge is 2.23. The molecule has 2 aromatic rings. The Morgan fingerprint density at radius 2 is 1.65 bits per heavy atom. The maximum Gasteiger partial charge on any atom is 0.333 e. The topological polar surface area (TPSA) is 101 Å². The van der Waals surface area contributed by atoms with Crippen LogP contribution in [-0.4, -0.2) is 24.4 Å². The summed E-state index contributed by atoms with van der Waals surface area (Å²) in [6.07, 6.45) is 2.51. The van der Waals surface area contributed by atoms with E-state index in [-0.39, 0.29) is 16.9 Å². The zero-order valence-corrected chi connectivity index (χ0v) is 16.4. The van der Waals surface area contributed by atoms with Gasteiger partial charge in [-0.1, -0.05) is 45.9 Å². The number of aryl methyl sites for hydroxylation is 1. The Morgan fingerprint density at radius 3 is 2.15 bits per heavy atom. The maximum atomic E-state index is 12.4. The van der Waals surface area contributed by atoms with Crippen LogP contribution in [0.5, 0.6) is 0 Å². The van der Waals surface area contributed by atoms with Crippen LogP contribution < -0.4 is 10.0 Å². The molecule has 1 aromatic heterocycles. The van der Waals surface area contributed by atoms with Gasteiger partial charge in [0.15, 0.2) is 5.03 Å². The number of amides is 2. The number of sulfonamides is 1. The summed E-state index contributed by atoms with van der Waals surface area (Å²) in [5.74, 6) is 0.342. The number of carbonyl (C=O) groups is 1. The number of nitrogens with zero attached hydrogens (tertiary/aromatic N) is 2. The molecule has 26 heavy (non-hydrogen) atoms. The van der Waals surface area contributed by atoms with Crippen molar-refractivity contribution in [2.45, 2.75) is 51.5 Å². The average Bonchev–Trinajstić information content (AvgIpc) is 2.54. The first-order chi connectivity index (χ1) is 12.1. The van der Waals surface area contributed by atoms with Crippen molar-refractivity contribution in [2.24, 2.45) is 0 Å². The van der Waals surface area contributed by atoms with Crippen LogP contribution in [0.4, 0.5) is 10.5 Å². The van der Waals surface area contributed by atoms with Crippen LogP contribution in [-0.2, 0) is 10.0 Å². The molecule has 0 saturated heterocycles. The van der Waals surface area contributed by atoms with Gasteiger partial charge in [-0.15, -0.1) is 0 Å². The Labute approximate surface area is 154 Å². The molecule has 1 aromatic carbocycles. The lowest BCUT2D eigenvalue weighted by Gasteiger charge is -2.20. The minimum absolute atomic E-state index is 0.171. The van der Waals surface area contributed by atoms with E-state index in [0.717, 1.165) is 17.5 Å². The molecule has 0 bridgehead atoms. The van der Waals surface area contributed by atoms with E-state index in [1.807, 2.05) is 50.6 Å². The summed E-state index contributed by atoms with van der Waals surface area (Å²) < 4.78 is 26.9. The predicted octanol–water partition coefficient (Wildman–Crippen LogP) is 3.54. The van der Waals surface area contributed by atoms with Crippen LogP contribution in [0, 0.1) is 6.92 Å². The van der Waals surface area contributed by atoms with Gasteiger partial charge in [-0.05, 0) is 29.9 Å². The fraction of sp³-hybridized carbons (Fsp3) is 0.389. The molecule has 0 unspecified atom stereocenters. The molecular weight excluding hydrogens is 352 g/mol. The number of aromatic nitrogens is 2. The van der Waals surface area contributed by atoms with Gasteiger partial charge in [-0.3, -0.25) is 0 Å². The number of rotatable bonds is 5. The van der Waals surface area contributed by atoms with E-state index in [0.29, 0.717) is 11.3 Å². The summed E-state index contributed by atoms with van der Waals surface area (Å²) in [6, 6.07) is 4.97. The standard InChI is InChI=1S/C18H24N4O3S/c1-11(2)14-7-6-8-15(12(3)4)16(14)21-18(23)22-26(24,25)17-13(5)9-19-10-20-17/h6-12H,1-5H3,(H2,21,22,23). The van der Waals surface area contributed by atoms with Gasteiger partial charge in [0.1, 0.15) is 6.33 Å². The molecule has 0 fully saturated rings. The molecule has 0 saturated carbocycles. The zero-order chi connectivity index (χ0) is 19.5. The molecular formula is C18H24N4O3S. The quantitative estimate of drug-likeness (QED) is 0.777. The lowest BCUT2D eigenvalue weighted by molar-refractivity contribution is 0.256. The van der Waals surface area contributed by atoms with E-state index in [1.54, 1.807) is 6.92 Å². The van der Waals surface area contributed by atoms with Crippen LogP contribution in [0.25, 0.3) is 0 Å². The largest absolute Gasteiger partial charge is 0.333 e. The van der Waals surface area contributed by atoms with Gasteiger partial charge < -0.3 is 5.32 Å². The Morgan fingerprint density at radius 1 is 1.08 bits per heavy atom. The lowest BCUT2D eigenvalue weighted by atomic mass is 9.93. The Kier molecular flexibility index (Phi) is 5.97. The van der Waals surface area contributed by atoms with Crippen molar-refractivity contribution in [3.05, 3.63) is 47.4 Å². The lowest BCUT2D eigenvalue weighted by Crippen LogP contribution is -2.35. The molecule has 0 aliphatic rings. The van der Waals surface area contributed by atoms with Crippen LogP contribution in [0.2, 0.25) is 0 Å². The van der Waals surface area contributed by atoms with Gasteiger partial charge in [-0.25, -0.2) is 19.5 Å². The van der Waals surface area contributed by atoms with Crippen molar-refractivity contribution < 1.29 is 13.2 Å². The third-order valence-corrected chi connectivity index (χ3v) is 5.33. The molecule has 0 radical (unpaired) electrons. The van der Waals surface area contributed by atoms with Crippen molar-refractivity contribution in [1.29, 1.82) is 0 Å². The molecule has 7 nitrogen and oxygen atoms in total. The monoisotopic (exact) mass is 376 g/mol. The third-order valence-electron chi connectivity index (χ3n) is 3.94. The minimum atomic E-state index is -4.09. The molecule has 2 N–H and O–H groups in total. The Bertz CT molecular complexity index is 882. The van der Waals surface area contributed by atoms with E-state index in [9.17, 15) is 13.2 Å². The maximum absolute atomic E-state index is 12.4. The Hall–Kier alpha value is -2.48. The van der Waals surface area contributed by atoms with Crippen LogP contribution in [0.1, 0.15) is 56.2 Å². The normalized spacial score (nSPS) is 11.7. The molecule has 140 valence electrons. The van der Waals surface area contributed by atoms with Crippen LogP contribution in [0.3, 0.4) is 0 Å². The molecule has 2 rings (SSSR count). The van der Waals surface area contributed by atoms with Gasteiger partial charge in [0, 0.05) is 17.4 Å². The summed E-state index contributed by atoms with van der Waals surface area (Å²) in [5, 5.41) is 2.50. The zero-order valence-electron chi connectivity index (χ0n) is 15.6. The number of para-hydroxylation sites is 1. The first-order valence-electron chi connectivity index (χ1n) is 8.36. The number of benzene rings is 1. The fourth-order valence-electron chi connectivity index (χ4n) is 2.67. The number of urea groups is 1. The van der Waals surface area contributed by atoms with Gasteiger partial charge in [0.25, 0.3) is 10.0 Å². The summed E-state index contributed by atoms with van der Waals surface area (Å²) in [5.41, 5.74) is 2.90. The third kappa shape index (κ3) is 4.37. The Balaban J connectivity index is 2.32. The molecule has 0 spiro atoms. The van der Waals surface area contributed by atoms with E-state index < -0.39 is 16.1 Å². The highest BCUT2D eigenvalue weighted by Crippen LogP contribution is 2.32. The van der Waals surface area contributed by atoms with Crippen LogP contribution in [0.15, 0.2) is 35.7 Å². The summed E-state index contributed by atoms with van der Waals surface area (Å²) >= 11 is 0. The SMILES string of the molecule is Cc1cncnc1S(=O)(=O)NC(=O)Nc1c(C(C)C)cccc1C(C)C. The predicted molar refractivity (Wildman–Crippen MR) is 101 cm³/mol. The number of hydrogen-bond acceptors (Lipinski definition) is 5. The van der Waals surface area contributed by atoms with Crippen molar-refractivity contribution in [1.82, 2.24) is 14.7 Å². The summed E-state index contributed by atoms with van der Waals surface area (Å²) in [6.45, 7) is 9.64. The molecule has 2 amide bonds. The first-order valence-corrected chi connectivity index (χ1v) is 9.85. The number of nitrogens with one attached hydrogen (secondary N) is 2. The van der Waals surface area contributed by atoms with E-state index in [4.69, 9.17) is 0 Å². The summed E-state index contributed by atoms with van der Waals surface area (Å²) in [4.78, 5) is 19.9. The molecule has 8 heteroatoms. The first kappa shape index (κ1) is 19.8. The van der Waals surface area contributed by atoms with Gasteiger partial charge >= 0.3 is 6.03 Å². The smallest absolute Gasteiger partial charge is 0.307 e. The van der Waals surface area contributed by atoms with Crippen molar-refractivity contribution in [3.8, 4) is 0 Å². The highest BCUT2D eigenvalue weighted by atomic mass is 32.2. The van der Waals surface area contributed by atoms with E-state index in [1.165, 1.54) is 6.20 Å². The average molecular weight is 376 g/mol. The summed E-state index contributed by atoms with van der Waals surface area (Å²) in [7, 11) is -4.09. The molecule has 0 atom stereocenters. The number of carbonyl (C=O) groups excluding carboxylic acids is 1. The van der Waals surface area contributed by atoms with Gasteiger partial charge in [0.05, 0.1) is 0 Å². The minimum Gasteiger partial charge on any atom is -0.307 e. The second-order valence-corrected chi connectivity index (χ2v) is 8.29. The number of anilines is 1. The van der Waals surface area contributed by atoms with Gasteiger partial charge in [-0.2, -0.15) is 8.42 Å². The van der Waals surface area contributed by atoms with Crippen molar-refractivity contribution >= 4 is 21.7 Å². The van der Waals surface area contributed by atoms with Gasteiger partial charge in [0.2, 0.25) is 0 Å². The van der Waals surface area contributed by atoms with Crippen molar-refractivity contribution in [2.75, 3.05) is 5.32 Å². The second-order valence-electron chi connectivity index (χ2n) is 6.69. The number of hydrogen-bond donors (Lipinski definition) is 2. The van der Waals surface area contributed by atoms with E-state index in [2.05, 4.69) is 15.3 Å². The molecule has 0 aliphatic heterocycles. The second kappa shape index (κ2) is 7.82. The fourth-order valence-corrected chi connectivity index (χ4v) is 3.73. The molecule has 0 aliphatic carbocycles. The molecule has 1 heterocycles. The van der Waals surface area contributed by atoms with Crippen LogP contribution >= 0.6 is 0 Å². The van der Waals surface area contributed by atoms with E-state index >= 15 is 0 Å². The highest BCUT2D eigenvalue weighted by molar-refractivity contribution is 7.90.